The lowest BCUT2D eigenvalue weighted by atomic mass is 10.1. The molecule has 1 amide bonds. The average molecular weight is 392 g/mol. The molecule has 3 aromatic rings. The van der Waals surface area contributed by atoms with Gasteiger partial charge in [0, 0.05) is 32.2 Å². The molecular formula is C23H24N2O4. The van der Waals surface area contributed by atoms with Crippen molar-refractivity contribution in [2.75, 3.05) is 37.7 Å². The zero-order valence-electron chi connectivity index (χ0n) is 16.7. The Balaban J connectivity index is 1.50. The minimum Gasteiger partial charge on any atom is -0.492 e. The monoisotopic (exact) mass is 392 g/mol. The SMILES string of the molecule is CCOc1ccccc1N1CCN(C(=O)c2cc(=O)c3cc(C)ccc3o2)CC1. The van der Waals surface area contributed by atoms with E-state index in [0.717, 1.165) is 17.0 Å². The van der Waals surface area contributed by atoms with Crippen LogP contribution >= 0.6 is 0 Å². The number of piperazine rings is 1. The molecule has 1 fully saturated rings. The second-order valence-electron chi connectivity index (χ2n) is 7.15. The number of para-hydroxylation sites is 2. The van der Waals surface area contributed by atoms with Crippen LogP contribution in [0.15, 0.2) is 57.7 Å². The first kappa shape index (κ1) is 19.1. The average Bonchev–Trinajstić information content (AvgIpc) is 2.74. The third-order valence-corrected chi connectivity index (χ3v) is 5.17. The molecule has 0 atom stereocenters. The molecule has 0 N–H and O–H groups in total. The van der Waals surface area contributed by atoms with Crippen molar-refractivity contribution in [3.63, 3.8) is 0 Å². The highest BCUT2D eigenvalue weighted by molar-refractivity contribution is 5.93. The van der Waals surface area contributed by atoms with Crippen LogP contribution in [0.1, 0.15) is 23.0 Å². The summed E-state index contributed by atoms with van der Waals surface area (Å²) >= 11 is 0. The maximum atomic E-state index is 12.9. The summed E-state index contributed by atoms with van der Waals surface area (Å²) in [6.45, 7) is 6.96. The van der Waals surface area contributed by atoms with E-state index in [9.17, 15) is 9.59 Å². The van der Waals surface area contributed by atoms with Gasteiger partial charge in [-0.1, -0.05) is 23.8 Å². The highest BCUT2D eigenvalue weighted by Gasteiger charge is 2.25. The van der Waals surface area contributed by atoms with Crippen molar-refractivity contribution >= 4 is 22.6 Å². The first-order valence-corrected chi connectivity index (χ1v) is 9.87. The van der Waals surface area contributed by atoms with E-state index >= 15 is 0 Å². The van der Waals surface area contributed by atoms with Gasteiger partial charge >= 0.3 is 0 Å². The number of hydrogen-bond donors (Lipinski definition) is 0. The van der Waals surface area contributed by atoms with E-state index in [1.807, 2.05) is 44.2 Å². The van der Waals surface area contributed by atoms with Gasteiger partial charge in [0.05, 0.1) is 17.7 Å². The number of fused-ring (bicyclic) bond motifs is 1. The number of anilines is 1. The minimum absolute atomic E-state index is 0.0921. The molecule has 1 aromatic heterocycles. The molecule has 150 valence electrons. The number of ether oxygens (including phenoxy) is 1. The van der Waals surface area contributed by atoms with Gasteiger partial charge in [0.2, 0.25) is 0 Å². The van der Waals surface area contributed by atoms with Crippen molar-refractivity contribution < 1.29 is 13.9 Å². The van der Waals surface area contributed by atoms with E-state index in [1.165, 1.54) is 6.07 Å². The number of benzene rings is 2. The summed E-state index contributed by atoms with van der Waals surface area (Å²) in [6, 6.07) is 14.6. The van der Waals surface area contributed by atoms with Crippen LogP contribution < -0.4 is 15.1 Å². The smallest absolute Gasteiger partial charge is 0.289 e. The van der Waals surface area contributed by atoms with Gasteiger partial charge in [-0.05, 0) is 38.1 Å². The lowest BCUT2D eigenvalue weighted by Crippen LogP contribution is -2.49. The fourth-order valence-electron chi connectivity index (χ4n) is 3.68. The van der Waals surface area contributed by atoms with Gasteiger partial charge in [-0.15, -0.1) is 0 Å². The van der Waals surface area contributed by atoms with Gasteiger partial charge in [0.15, 0.2) is 11.2 Å². The van der Waals surface area contributed by atoms with Gasteiger partial charge in [-0.25, -0.2) is 0 Å². The second-order valence-corrected chi connectivity index (χ2v) is 7.15. The van der Waals surface area contributed by atoms with Crippen LogP contribution in [-0.4, -0.2) is 43.6 Å². The summed E-state index contributed by atoms with van der Waals surface area (Å²) < 4.78 is 11.5. The summed E-state index contributed by atoms with van der Waals surface area (Å²) in [4.78, 5) is 29.3. The Labute approximate surface area is 169 Å². The van der Waals surface area contributed by atoms with Crippen LogP contribution in [0.25, 0.3) is 11.0 Å². The molecule has 29 heavy (non-hydrogen) atoms. The van der Waals surface area contributed by atoms with Gasteiger partial charge < -0.3 is 19.0 Å². The van der Waals surface area contributed by atoms with Crippen LogP contribution in [0.4, 0.5) is 5.69 Å². The number of aryl methyl sites for hydroxylation is 1. The molecule has 1 aliphatic rings. The standard InChI is InChI=1S/C23H24N2O4/c1-3-28-21-7-5-4-6-18(21)24-10-12-25(13-11-24)23(27)22-15-19(26)17-14-16(2)8-9-20(17)29-22/h4-9,14-15H,3,10-13H2,1-2H3. The number of hydrogen-bond acceptors (Lipinski definition) is 5. The number of carbonyl (C=O) groups is 1. The summed E-state index contributed by atoms with van der Waals surface area (Å²) in [5, 5.41) is 0.499. The molecule has 1 saturated heterocycles. The number of rotatable bonds is 4. The van der Waals surface area contributed by atoms with E-state index < -0.39 is 0 Å². The number of nitrogens with zero attached hydrogens (tertiary/aromatic N) is 2. The van der Waals surface area contributed by atoms with Crippen LogP contribution in [0, 0.1) is 6.92 Å². The molecule has 0 saturated carbocycles. The van der Waals surface area contributed by atoms with Crippen molar-refractivity contribution in [3.05, 3.63) is 70.1 Å². The highest BCUT2D eigenvalue weighted by Crippen LogP contribution is 2.29. The van der Waals surface area contributed by atoms with Crippen molar-refractivity contribution in [3.8, 4) is 5.75 Å². The van der Waals surface area contributed by atoms with Crippen LogP contribution in [-0.2, 0) is 0 Å². The third-order valence-electron chi connectivity index (χ3n) is 5.17. The zero-order chi connectivity index (χ0) is 20.4. The molecule has 1 aliphatic heterocycles. The Morgan fingerprint density at radius 3 is 2.59 bits per heavy atom. The molecule has 2 heterocycles. The van der Waals surface area contributed by atoms with Gasteiger partial charge in [0.25, 0.3) is 5.91 Å². The van der Waals surface area contributed by atoms with E-state index in [1.54, 1.807) is 17.0 Å². The summed E-state index contributed by atoms with van der Waals surface area (Å²) in [5.74, 6) is 0.697. The van der Waals surface area contributed by atoms with Crippen LogP contribution in [0.3, 0.4) is 0 Å². The molecule has 2 aromatic carbocycles. The summed E-state index contributed by atoms with van der Waals surface area (Å²) in [7, 11) is 0. The van der Waals surface area contributed by atoms with Gasteiger partial charge in [-0.2, -0.15) is 0 Å². The maximum absolute atomic E-state index is 12.9. The Morgan fingerprint density at radius 2 is 1.83 bits per heavy atom. The molecule has 4 rings (SSSR count). The zero-order valence-corrected chi connectivity index (χ0v) is 16.7. The van der Waals surface area contributed by atoms with Gasteiger partial charge in [0.1, 0.15) is 11.3 Å². The third kappa shape index (κ3) is 3.83. The summed E-state index contributed by atoms with van der Waals surface area (Å²) in [5.41, 5.74) is 2.26. The number of amides is 1. The maximum Gasteiger partial charge on any atom is 0.289 e. The Morgan fingerprint density at radius 1 is 1.07 bits per heavy atom. The van der Waals surface area contributed by atoms with Crippen molar-refractivity contribution in [1.82, 2.24) is 4.90 Å². The van der Waals surface area contributed by atoms with Crippen molar-refractivity contribution in [2.24, 2.45) is 0 Å². The molecule has 0 unspecified atom stereocenters. The van der Waals surface area contributed by atoms with Crippen LogP contribution in [0.2, 0.25) is 0 Å². The van der Waals surface area contributed by atoms with Gasteiger partial charge in [-0.3, -0.25) is 9.59 Å². The van der Waals surface area contributed by atoms with E-state index in [-0.39, 0.29) is 17.1 Å². The Hall–Kier alpha value is -3.28. The second kappa shape index (κ2) is 7.99. The molecule has 0 spiro atoms. The quantitative estimate of drug-likeness (QED) is 0.680. The normalized spacial score (nSPS) is 14.3. The molecule has 6 nitrogen and oxygen atoms in total. The molecule has 0 aliphatic carbocycles. The molecule has 0 radical (unpaired) electrons. The van der Waals surface area contributed by atoms with Crippen LogP contribution in [0.5, 0.6) is 5.75 Å². The first-order valence-electron chi connectivity index (χ1n) is 9.87. The van der Waals surface area contributed by atoms with E-state index in [4.69, 9.17) is 9.15 Å². The lowest BCUT2D eigenvalue weighted by Gasteiger charge is -2.36. The molecule has 0 bridgehead atoms. The Kier molecular flexibility index (Phi) is 5.25. The largest absolute Gasteiger partial charge is 0.492 e. The predicted molar refractivity (Wildman–Crippen MR) is 113 cm³/mol. The first-order chi connectivity index (χ1) is 14.1. The highest BCUT2D eigenvalue weighted by atomic mass is 16.5. The summed E-state index contributed by atoms with van der Waals surface area (Å²) in [6.07, 6.45) is 0. The number of carbonyl (C=O) groups excluding carboxylic acids is 1. The minimum atomic E-state index is -0.248. The molecule has 6 heteroatoms. The van der Waals surface area contributed by atoms with E-state index in [0.29, 0.717) is 43.8 Å². The lowest BCUT2D eigenvalue weighted by molar-refractivity contribution is 0.0715. The molecular weight excluding hydrogens is 368 g/mol. The van der Waals surface area contributed by atoms with Crippen molar-refractivity contribution in [2.45, 2.75) is 13.8 Å². The fourth-order valence-corrected chi connectivity index (χ4v) is 3.68. The van der Waals surface area contributed by atoms with E-state index in [2.05, 4.69) is 4.90 Å². The van der Waals surface area contributed by atoms with Crippen molar-refractivity contribution in [1.29, 1.82) is 0 Å². The fraction of sp³-hybridized carbons (Fsp3) is 0.304. The predicted octanol–water partition coefficient (Wildman–Crippen LogP) is 3.46. The topological polar surface area (TPSA) is 63.0 Å². The Bertz CT molecular complexity index is 1100.